The Morgan fingerprint density at radius 1 is 1.25 bits per heavy atom. The smallest absolute Gasteiger partial charge is 0.227 e. The number of amides is 1. The fraction of sp³-hybridized carbons (Fsp3) is 0.273. The van der Waals surface area contributed by atoms with E-state index in [1.165, 1.54) is 6.08 Å². The molecule has 5 nitrogen and oxygen atoms in total. The number of nitrogens with zero attached hydrogens (tertiary/aromatic N) is 1. The number of benzene rings is 2. The molecule has 1 aliphatic rings. The van der Waals surface area contributed by atoms with Gasteiger partial charge in [0.1, 0.15) is 0 Å². The second-order valence-corrected chi connectivity index (χ2v) is 7.21. The summed E-state index contributed by atoms with van der Waals surface area (Å²) >= 11 is 3.47. The van der Waals surface area contributed by atoms with Crippen LogP contribution in [0.1, 0.15) is 35.7 Å². The van der Waals surface area contributed by atoms with Gasteiger partial charge in [0.05, 0.1) is 18.2 Å². The number of methoxy groups -OCH3 is 1. The van der Waals surface area contributed by atoms with Gasteiger partial charge in [-0.15, -0.1) is 0 Å². The molecule has 0 N–H and O–H groups in total. The molecule has 0 atom stereocenters. The summed E-state index contributed by atoms with van der Waals surface area (Å²) in [5.74, 6) is 1.27. The predicted octanol–water partition coefficient (Wildman–Crippen LogP) is 4.88. The van der Waals surface area contributed by atoms with Gasteiger partial charge in [-0.3, -0.25) is 9.59 Å². The monoisotopic (exact) mass is 443 g/mol. The first-order valence-electron chi connectivity index (χ1n) is 9.16. The van der Waals surface area contributed by atoms with Crippen molar-refractivity contribution in [1.82, 2.24) is 0 Å². The molecule has 146 valence electrons. The van der Waals surface area contributed by atoms with Crippen molar-refractivity contribution in [2.75, 3.05) is 25.2 Å². The van der Waals surface area contributed by atoms with Gasteiger partial charge in [0, 0.05) is 24.2 Å². The maximum absolute atomic E-state index is 12.5. The standard InChI is InChI=1S/C22H22BrNO4/c1-3-28-20-14-15(13-18(23)22(20)27-2)6-11-19(25)16-7-9-17(10-8-16)24-12-4-5-21(24)26/h6-11,13-14H,3-5,12H2,1-2H3/b11-6+. The summed E-state index contributed by atoms with van der Waals surface area (Å²) in [5.41, 5.74) is 2.23. The molecule has 1 saturated heterocycles. The highest BCUT2D eigenvalue weighted by atomic mass is 79.9. The minimum atomic E-state index is -0.107. The molecule has 0 aromatic heterocycles. The van der Waals surface area contributed by atoms with Crippen LogP contribution in [0.4, 0.5) is 5.69 Å². The lowest BCUT2D eigenvalue weighted by atomic mass is 10.1. The van der Waals surface area contributed by atoms with E-state index >= 15 is 0 Å². The van der Waals surface area contributed by atoms with Crippen molar-refractivity contribution in [2.24, 2.45) is 0 Å². The summed E-state index contributed by atoms with van der Waals surface area (Å²) in [7, 11) is 1.58. The van der Waals surface area contributed by atoms with Crippen LogP contribution in [0.15, 0.2) is 46.9 Å². The van der Waals surface area contributed by atoms with E-state index in [2.05, 4.69) is 15.9 Å². The fourth-order valence-corrected chi connectivity index (χ4v) is 3.76. The van der Waals surface area contributed by atoms with Crippen LogP contribution in [-0.4, -0.2) is 32.0 Å². The quantitative estimate of drug-likeness (QED) is 0.451. The number of ether oxygens (including phenoxy) is 2. The molecular weight excluding hydrogens is 422 g/mol. The minimum Gasteiger partial charge on any atom is -0.492 e. The Morgan fingerprint density at radius 3 is 2.61 bits per heavy atom. The molecule has 1 aliphatic heterocycles. The highest BCUT2D eigenvalue weighted by molar-refractivity contribution is 9.10. The fourth-order valence-electron chi connectivity index (χ4n) is 3.14. The number of hydrogen-bond donors (Lipinski definition) is 0. The molecule has 1 amide bonds. The third kappa shape index (κ3) is 4.44. The van der Waals surface area contributed by atoms with E-state index in [-0.39, 0.29) is 11.7 Å². The van der Waals surface area contributed by atoms with Gasteiger partial charge in [0.15, 0.2) is 17.3 Å². The molecule has 28 heavy (non-hydrogen) atoms. The number of carbonyl (C=O) groups is 2. The zero-order chi connectivity index (χ0) is 20.1. The number of anilines is 1. The number of rotatable bonds is 7. The lowest BCUT2D eigenvalue weighted by Gasteiger charge is -2.15. The van der Waals surface area contributed by atoms with E-state index in [0.29, 0.717) is 30.1 Å². The predicted molar refractivity (Wildman–Crippen MR) is 113 cm³/mol. The Bertz CT molecular complexity index is 905. The Hall–Kier alpha value is -2.60. The van der Waals surface area contributed by atoms with E-state index in [9.17, 15) is 9.59 Å². The van der Waals surface area contributed by atoms with E-state index in [0.717, 1.165) is 28.7 Å². The topological polar surface area (TPSA) is 55.8 Å². The first kappa shape index (κ1) is 20.1. The second-order valence-electron chi connectivity index (χ2n) is 6.36. The van der Waals surface area contributed by atoms with Crippen molar-refractivity contribution in [3.63, 3.8) is 0 Å². The zero-order valence-corrected chi connectivity index (χ0v) is 17.5. The average Bonchev–Trinajstić information content (AvgIpc) is 3.12. The van der Waals surface area contributed by atoms with Gasteiger partial charge < -0.3 is 14.4 Å². The number of halogens is 1. The van der Waals surface area contributed by atoms with Gasteiger partial charge in [-0.25, -0.2) is 0 Å². The summed E-state index contributed by atoms with van der Waals surface area (Å²) in [5, 5.41) is 0. The normalized spacial score (nSPS) is 14.0. The molecule has 1 heterocycles. The molecule has 0 unspecified atom stereocenters. The van der Waals surface area contributed by atoms with Crippen LogP contribution in [0.2, 0.25) is 0 Å². The van der Waals surface area contributed by atoms with Gasteiger partial charge in [-0.05, 0) is 77.3 Å². The highest BCUT2D eigenvalue weighted by Gasteiger charge is 2.21. The molecule has 0 saturated carbocycles. The van der Waals surface area contributed by atoms with E-state index in [1.54, 1.807) is 30.2 Å². The summed E-state index contributed by atoms with van der Waals surface area (Å²) in [6.07, 6.45) is 4.74. The van der Waals surface area contributed by atoms with Crippen LogP contribution < -0.4 is 14.4 Å². The van der Waals surface area contributed by atoms with Crippen molar-refractivity contribution < 1.29 is 19.1 Å². The summed E-state index contributed by atoms with van der Waals surface area (Å²) < 4.78 is 11.7. The van der Waals surface area contributed by atoms with E-state index in [4.69, 9.17) is 9.47 Å². The lowest BCUT2D eigenvalue weighted by molar-refractivity contribution is -0.117. The number of allylic oxidation sites excluding steroid dienone is 1. The van der Waals surface area contributed by atoms with Crippen LogP contribution in [0, 0.1) is 0 Å². The first-order chi connectivity index (χ1) is 13.5. The molecule has 1 fully saturated rings. The van der Waals surface area contributed by atoms with Gasteiger partial charge in [-0.2, -0.15) is 0 Å². The van der Waals surface area contributed by atoms with Crippen LogP contribution in [0.3, 0.4) is 0 Å². The molecule has 2 aromatic rings. The maximum atomic E-state index is 12.5. The van der Waals surface area contributed by atoms with E-state index in [1.807, 2.05) is 31.2 Å². The van der Waals surface area contributed by atoms with Crippen LogP contribution in [0.25, 0.3) is 6.08 Å². The molecular formula is C22H22BrNO4. The first-order valence-corrected chi connectivity index (χ1v) is 9.96. The second kappa shape index (κ2) is 9.06. The molecule has 0 spiro atoms. The Labute approximate surface area is 173 Å². The Morgan fingerprint density at radius 2 is 2.00 bits per heavy atom. The molecule has 0 radical (unpaired) electrons. The summed E-state index contributed by atoms with van der Waals surface area (Å²) in [6.45, 7) is 3.15. The minimum absolute atomic E-state index is 0.107. The summed E-state index contributed by atoms with van der Waals surface area (Å²) in [4.78, 5) is 26.1. The number of carbonyl (C=O) groups excluding carboxylic acids is 2. The van der Waals surface area contributed by atoms with Crippen LogP contribution in [0.5, 0.6) is 11.5 Å². The average molecular weight is 444 g/mol. The largest absolute Gasteiger partial charge is 0.492 e. The van der Waals surface area contributed by atoms with Crippen molar-refractivity contribution in [2.45, 2.75) is 19.8 Å². The SMILES string of the molecule is CCOc1cc(/C=C/C(=O)c2ccc(N3CCCC3=O)cc2)cc(Br)c1OC. The molecule has 0 bridgehead atoms. The molecule has 2 aromatic carbocycles. The van der Waals surface area contributed by atoms with Crippen molar-refractivity contribution >= 4 is 39.4 Å². The third-order valence-corrected chi connectivity index (χ3v) is 5.09. The van der Waals surface area contributed by atoms with Crippen LogP contribution in [-0.2, 0) is 4.79 Å². The van der Waals surface area contributed by atoms with Crippen molar-refractivity contribution in [3.05, 3.63) is 58.1 Å². The van der Waals surface area contributed by atoms with Gasteiger partial charge >= 0.3 is 0 Å². The zero-order valence-electron chi connectivity index (χ0n) is 15.9. The number of hydrogen-bond acceptors (Lipinski definition) is 4. The van der Waals surface area contributed by atoms with Crippen LogP contribution >= 0.6 is 15.9 Å². The van der Waals surface area contributed by atoms with Gasteiger partial charge in [0.25, 0.3) is 0 Å². The number of ketones is 1. The molecule has 0 aliphatic carbocycles. The Balaban J connectivity index is 1.75. The summed E-state index contributed by atoms with van der Waals surface area (Å²) in [6, 6.07) is 10.8. The lowest BCUT2D eigenvalue weighted by Crippen LogP contribution is -2.23. The van der Waals surface area contributed by atoms with Crippen molar-refractivity contribution in [3.8, 4) is 11.5 Å². The molecule has 6 heteroatoms. The van der Waals surface area contributed by atoms with Gasteiger partial charge in [-0.1, -0.05) is 6.08 Å². The highest BCUT2D eigenvalue weighted by Crippen LogP contribution is 2.37. The van der Waals surface area contributed by atoms with E-state index < -0.39 is 0 Å². The van der Waals surface area contributed by atoms with Crippen molar-refractivity contribution in [1.29, 1.82) is 0 Å². The Kier molecular flexibility index (Phi) is 6.52. The van der Waals surface area contributed by atoms with Gasteiger partial charge in [0.2, 0.25) is 5.91 Å². The molecule has 3 rings (SSSR count). The third-order valence-electron chi connectivity index (χ3n) is 4.50. The maximum Gasteiger partial charge on any atom is 0.227 e.